The fraction of sp³-hybridized carbons (Fsp3) is 0.348. The molecule has 1 saturated heterocycles. The largest absolute Gasteiger partial charge is 0.345 e. The zero-order valence-electron chi connectivity index (χ0n) is 16.8. The molecule has 1 aliphatic rings. The van der Waals surface area contributed by atoms with Crippen LogP contribution in [0.4, 0.5) is 0 Å². The first-order chi connectivity index (χ1) is 15.0. The van der Waals surface area contributed by atoms with Crippen molar-refractivity contribution < 1.29 is 9.47 Å². The molecule has 164 valence electrons. The predicted molar refractivity (Wildman–Crippen MR) is 128 cm³/mol. The molecule has 2 aromatic carbocycles. The van der Waals surface area contributed by atoms with E-state index in [0.717, 1.165) is 34.9 Å². The second kappa shape index (κ2) is 10.6. The summed E-state index contributed by atoms with van der Waals surface area (Å²) in [6.45, 7) is 1.17. The molecule has 1 aliphatic heterocycles. The molecule has 0 aliphatic carbocycles. The Morgan fingerprint density at radius 3 is 2.65 bits per heavy atom. The summed E-state index contributed by atoms with van der Waals surface area (Å²) in [6, 6.07) is 13.5. The normalized spacial score (nSPS) is 20.9. The maximum absolute atomic E-state index is 6.48. The Hall–Kier alpha value is -1.21. The van der Waals surface area contributed by atoms with Crippen molar-refractivity contribution in [2.24, 2.45) is 0 Å². The lowest BCUT2D eigenvalue weighted by Crippen LogP contribution is -2.37. The lowest BCUT2D eigenvalue weighted by atomic mass is 10.0. The quantitative estimate of drug-likeness (QED) is 0.337. The van der Waals surface area contributed by atoms with E-state index in [-0.39, 0.29) is 6.10 Å². The summed E-state index contributed by atoms with van der Waals surface area (Å²) >= 11 is 20.1. The molecule has 1 fully saturated rings. The lowest BCUT2D eigenvalue weighted by Gasteiger charge is -2.28. The van der Waals surface area contributed by atoms with E-state index in [1.54, 1.807) is 30.4 Å². The minimum absolute atomic E-state index is 0.0183. The molecule has 8 heteroatoms. The van der Waals surface area contributed by atoms with Crippen molar-refractivity contribution in [2.75, 3.05) is 12.4 Å². The number of rotatable bonds is 9. The molecule has 3 aromatic rings. The third-order valence-corrected chi connectivity index (χ3v) is 7.14. The van der Waals surface area contributed by atoms with E-state index < -0.39 is 5.79 Å². The maximum atomic E-state index is 6.48. The van der Waals surface area contributed by atoms with Gasteiger partial charge in [0.05, 0.1) is 25.6 Å². The number of imidazole rings is 1. The lowest BCUT2D eigenvalue weighted by molar-refractivity contribution is -0.180. The Labute approximate surface area is 201 Å². The smallest absolute Gasteiger partial charge is 0.187 e. The fourth-order valence-electron chi connectivity index (χ4n) is 3.58. The second-order valence-corrected chi connectivity index (χ2v) is 9.88. The third-order valence-electron chi connectivity index (χ3n) is 5.18. The summed E-state index contributed by atoms with van der Waals surface area (Å²) in [7, 11) is 0. The first-order valence-electron chi connectivity index (χ1n) is 10.0. The molecule has 0 N–H and O–H groups in total. The summed E-state index contributed by atoms with van der Waals surface area (Å²) in [5.74, 6) is 0.949. The van der Waals surface area contributed by atoms with Crippen molar-refractivity contribution in [3.8, 4) is 0 Å². The number of halogens is 3. The molecule has 4 rings (SSSR count). The van der Waals surface area contributed by atoms with E-state index in [0.29, 0.717) is 23.2 Å². The molecule has 2 unspecified atom stereocenters. The maximum Gasteiger partial charge on any atom is 0.187 e. The van der Waals surface area contributed by atoms with Gasteiger partial charge in [-0.2, -0.15) is 11.8 Å². The summed E-state index contributed by atoms with van der Waals surface area (Å²) in [5, 5.41) is 2.08. The standard InChI is InChI=1S/C23H23Cl3N2O2S/c24-19-4-1-17(2-5-19)7-8-23(15-28-10-9-27-16-28)29-12-21(30-23)14-31-13-18-3-6-20(25)11-22(18)26/h1-6,9-11,16,21H,7-8,12-15H2. The minimum atomic E-state index is -0.677. The first-order valence-corrected chi connectivity index (χ1v) is 12.3. The van der Waals surface area contributed by atoms with Gasteiger partial charge >= 0.3 is 0 Å². The van der Waals surface area contributed by atoms with Crippen molar-refractivity contribution in [1.82, 2.24) is 9.55 Å². The first kappa shape index (κ1) is 23.0. The number of hydrogen-bond acceptors (Lipinski definition) is 4. The number of hydrogen-bond donors (Lipinski definition) is 0. The molecule has 0 saturated carbocycles. The van der Waals surface area contributed by atoms with Gasteiger partial charge in [-0.05, 0) is 41.8 Å². The van der Waals surface area contributed by atoms with Crippen LogP contribution >= 0.6 is 46.6 Å². The van der Waals surface area contributed by atoms with Gasteiger partial charge in [-0.15, -0.1) is 0 Å². The van der Waals surface area contributed by atoms with Crippen molar-refractivity contribution in [3.63, 3.8) is 0 Å². The van der Waals surface area contributed by atoms with Crippen LogP contribution in [-0.4, -0.2) is 33.8 Å². The molecular formula is C23H23Cl3N2O2S. The highest BCUT2D eigenvalue weighted by molar-refractivity contribution is 7.98. The highest BCUT2D eigenvalue weighted by Crippen LogP contribution is 2.33. The van der Waals surface area contributed by atoms with E-state index in [9.17, 15) is 0 Å². The van der Waals surface area contributed by atoms with Crippen LogP contribution in [0.2, 0.25) is 15.1 Å². The van der Waals surface area contributed by atoms with Gasteiger partial charge in [0.25, 0.3) is 0 Å². The van der Waals surface area contributed by atoms with E-state index >= 15 is 0 Å². The number of ether oxygens (including phenoxy) is 2. The van der Waals surface area contributed by atoms with E-state index in [1.165, 1.54) is 5.56 Å². The highest BCUT2D eigenvalue weighted by atomic mass is 35.5. The van der Waals surface area contributed by atoms with Crippen LogP contribution in [0.25, 0.3) is 0 Å². The van der Waals surface area contributed by atoms with Crippen LogP contribution in [0.5, 0.6) is 0 Å². The topological polar surface area (TPSA) is 36.3 Å². The Balaban J connectivity index is 1.36. The average Bonchev–Trinajstić information content (AvgIpc) is 3.40. The predicted octanol–water partition coefficient (Wildman–Crippen LogP) is 6.52. The van der Waals surface area contributed by atoms with Gasteiger partial charge in [0.1, 0.15) is 0 Å². The Kier molecular flexibility index (Phi) is 7.86. The van der Waals surface area contributed by atoms with Crippen LogP contribution in [0.15, 0.2) is 61.2 Å². The number of thioether (sulfide) groups is 1. The molecule has 1 aromatic heterocycles. The van der Waals surface area contributed by atoms with Gasteiger partial charge in [-0.25, -0.2) is 4.98 Å². The van der Waals surface area contributed by atoms with Crippen molar-refractivity contribution in [2.45, 2.75) is 37.0 Å². The van der Waals surface area contributed by atoms with Gasteiger partial charge in [-0.1, -0.05) is 53.0 Å². The number of nitrogens with zero attached hydrogens (tertiary/aromatic N) is 2. The van der Waals surface area contributed by atoms with E-state index in [4.69, 9.17) is 44.3 Å². The monoisotopic (exact) mass is 496 g/mol. The Morgan fingerprint density at radius 1 is 1.10 bits per heavy atom. The third kappa shape index (κ3) is 6.41. The van der Waals surface area contributed by atoms with Gasteiger partial charge in [0, 0.05) is 45.4 Å². The molecule has 2 heterocycles. The van der Waals surface area contributed by atoms with E-state index in [1.807, 2.05) is 47.2 Å². The zero-order chi connectivity index (χ0) is 21.7. The molecule has 0 spiro atoms. The SMILES string of the molecule is Clc1ccc(CCC2(Cn3ccnc3)OCC(CSCc3ccc(Cl)cc3Cl)O2)cc1. The molecule has 0 amide bonds. The van der Waals surface area contributed by atoms with Gasteiger partial charge in [-0.3, -0.25) is 0 Å². The van der Waals surface area contributed by atoms with Crippen LogP contribution in [-0.2, 0) is 28.2 Å². The Morgan fingerprint density at radius 2 is 1.90 bits per heavy atom. The van der Waals surface area contributed by atoms with Crippen molar-refractivity contribution >= 4 is 46.6 Å². The summed E-state index contributed by atoms with van der Waals surface area (Å²) in [6.07, 6.45) is 7.10. The molecule has 0 bridgehead atoms. The van der Waals surface area contributed by atoms with Gasteiger partial charge in [0.15, 0.2) is 5.79 Å². The van der Waals surface area contributed by atoms with Crippen molar-refractivity contribution in [1.29, 1.82) is 0 Å². The fourth-order valence-corrected chi connectivity index (χ4v) is 5.27. The van der Waals surface area contributed by atoms with Crippen LogP contribution in [0, 0.1) is 0 Å². The summed E-state index contributed by atoms with van der Waals surface area (Å²) in [5.41, 5.74) is 2.28. The van der Waals surface area contributed by atoms with Gasteiger partial charge < -0.3 is 14.0 Å². The molecule has 4 nitrogen and oxygen atoms in total. The summed E-state index contributed by atoms with van der Waals surface area (Å²) in [4.78, 5) is 4.15. The average molecular weight is 498 g/mol. The number of aryl methyl sites for hydroxylation is 1. The second-order valence-electron chi connectivity index (χ2n) is 7.57. The Bertz CT molecular complexity index is 985. The van der Waals surface area contributed by atoms with Crippen LogP contribution in [0.1, 0.15) is 17.5 Å². The molecule has 0 radical (unpaired) electrons. The van der Waals surface area contributed by atoms with Crippen molar-refractivity contribution in [3.05, 3.63) is 87.4 Å². The molecular weight excluding hydrogens is 475 g/mol. The van der Waals surface area contributed by atoms with Crippen LogP contribution < -0.4 is 0 Å². The molecule has 31 heavy (non-hydrogen) atoms. The minimum Gasteiger partial charge on any atom is -0.345 e. The van der Waals surface area contributed by atoms with Crippen LogP contribution in [0.3, 0.4) is 0 Å². The van der Waals surface area contributed by atoms with Gasteiger partial charge in [0.2, 0.25) is 0 Å². The zero-order valence-corrected chi connectivity index (χ0v) is 19.9. The number of benzene rings is 2. The summed E-state index contributed by atoms with van der Waals surface area (Å²) < 4.78 is 14.7. The highest BCUT2D eigenvalue weighted by Gasteiger charge is 2.41. The number of aromatic nitrogens is 2. The van der Waals surface area contributed by atoms with E-state index in [2.05, 4.69) is 4.98 Å². The molecule has 2 atom stereocenters.